The van der Waals surface area contributed by atoms with Crippen molar-refractivity contribution >= 4 is 21.8 Å². The van der Waals surface area contributed by atoms with Crippen LogP contribution in [0.1, 0.15) is 16.8 Å². The van der Waals surface area contributed by atoms with Crippen LogP contribution in [-0.4, -0.2) is 24.4 Å². The number of hydrogen-bond acceptors (Lipinski definition) is 2. The first kappa shape index (κ1) is 13.9. The lowest BCUT2D eigenvalue weighted by molar-refractivity contribution is -0.0498. The molecular formula is C11H12BrF2NO2. The van der Waals surface area contributed by atoms with Crippen LogP contribution in [0.15, 0.2) is 24.3 Å². The van der Waals surface area contributed by atoms with Crippen LogP contribution in [0.2, 0.25) is 0 Å². The SMILES string of the molecule is O=C(NCCCBr)c1ccc(OC(F)F)cc1. The highest BCUT2D eigenvalue weighted by Crippen LogP contribution is 2.14. The quantitative estimate of drug-likeness (QED) is 0.648. The van der Waals surface area contributed by atoms with E-state index in [2.05, 4.69) is 26.0 Å². The van der Waals surface area contributed by atoms with Crippen LogP contribution in [0.3, 0.4) is 0 Å². The molecule has 94 valence electrons. The molecule has 0 aliphatic heterocycles. The summed E-state index contributed by atoms with van der Waals surface area (Å²) in [4.78, 5) is 11.5. The first-order valence-electron chi connectivity index (χ1n) is 5.02. The van der Waals surface area contributed by atoms with Gasteiger partial charge in [0.05, 0.1) is 0 Å². The van der Waals surface area contributed by atoms with E-state index in [1.54, 1.807) is 0 Å². The molecule has 0 aliphatic rings. The lowest BCUT2D eigenvalue weighted by Crippen LogP contribution is -2.24. The highest BCUT2D eigenvalue weighted by molar-refractivity contribution is 9.09. The largest absolute Gasteiger partial charge is 0.435 e. The van der Waals surface area contributed by atoms with Crippen molar-refractivity contribution in [3.05, 3.63) is 29.8 Å². The Kier molecular flexibility index (Phi) is 5.90. The Morgan fingerprint density at radius 1 is 1.35 bits per heavy atom. The summed E-state index contributed by atoms with van der Waals surface area (Å²) in [6.45, 7) is -2.28. The van der Waals surface area contributed by atoms with E-state index >= 15 is 0 Å². The van der Waals surface area contributed by atoms with Crippen LogP contribution >= 0.6 is 15.9 Å². The fourth-order valence-electron chi connectivity index (χ4n) is 1.16. The van der Waals surface area contributed by atoms with Gasteiger partial charge in [0.15, 0.2) is 0 Å². The monoisotopic (exact) mass is 307 g/mol. The molecule has 0 unspecified atom stereocenters. The number of halogens is 3. The molecule has 6 heteroatoms. The number of benzene rings is 1. The number of alkyl halides is 3. The van der Waals surface area contributed by atoms with Crippen LogP contribution in [0.5, 0.6) is 5.75 Å². The first-order valence-corrected chi connectivity index (χ1v) is 6.14. The van der Waals surface area contributed by atoms with Crippen molar-refractivity contribution in [1.82, 2.24) is 5.32 Å². The number of hydrogen-bond donors (Lipinski definition) is 1. The van der Waals surface area contributed by atoms with Gasteiger partial charge in [-0.25, -0.2) is 0 Å². The second-order valence-electron chi connectivity index (χ2n) is 3.20. The van der Waals surface area contributed by atoms with E-state index in [0.29, 0.717) is 12.1 Å². The van der Waals surface area contributed by atoms with Crippen LogP contribution in [-0.2, 0) is 0 Å². The summed E-state index contributed by atoms with van der Waals surface area (Å²) in [6.07, 6.45) is 0.832. The summed E-state index contributed by atoms with van der Waals surface area (Å²) >= 11 is 3.25. The Labute approximate surface area is 106 Å². The predicted molar refractivity (Wildman–Crippen MR) is 63.8 cm³/mol. The Morgan fingerprint density at radius 2 is 2.00 bits per heavy atom. The van der Waals surface area contributed by atoms with Gasteiger partial charge in [-0.2, -0.15) is 8.78 Å². The number of nitrogens with one attached hydrogen (secondary N) is 1. The maximum atomic E-state index is 11.9. The molecular weight excluding hydrogens is 296 g/mol. The summed E-state index contributed by atoms with van der Waals surface area (Å²) in [6, 6.07) is 5.57. The molecule has 1 rings (SSSR count). The number of ether oxygens (including phenoxy) is 1. The lowest BCUT2D eigenvalue weighted by Gasteiger charge is -2.06. The zero-order chi connectivity index (χ0) is 12.7. The Bertz CT molecular complexity index is 357. The third-order valence-corrected chi connectivity index (χ3v) is 2.50. The van der Waals surface area contributed by atoms with Gasteiger partial charge in [-0.15, -0.1) is 0 Å². The summed E-state index contributed by atoms with van der Waals surface area (Å²) in [5, 5.41) is 3.52. The third kappa shape index (κ3) is 5.12. The van der Waals surface area contributed by atoms with Gasteiger partial charge in [-0.1, -0.05) is 15.9 Å². The summed E-state index contributed by atoms with van der Waals surface area (Å²) in [5.74, 6) is -0.188. The minimum absolute atomic E-state index is 0.0389. The second-order valence-corrected chi connectivity index (χ2v) is 3.99. The van der Waals surface area contributed by atoms with E-state index in [9.17, 15) is 13.6 Å². The van der Waals surface area contributed by atoms with Crippen molar-refractivity contribution in [2.24, 2.45) is 0 Å². The number of rotatable bonds is 6. The van der Waals surface area contributed by atoms with Gasteiger partial charge >= 0.3 is 6.61 Å². The molecule has 17 heavy (non-hydrogen) atoms. The van der Waals surface area contributed by atoms with E-state index in [4.69, 9.17) is 0 Å². The molecule has 0 saturated carbocycles. The normalized spacial score (nSPS) is 10.4. The summed E-state index contributed by atoms with van der Waals surface area (Å²) < 4.78 is 27.9. The topological polar surface area (TPSA) is 38.3 Å². The molecule has 1 amide bonds. The third-order valence-electron chi connectivity index (χ3n) is 1.94. The molecule has 1 aromatic rings. The first-order chi connectivity index (χ1) is 8.13. The Morgan fingerprint density at radius 3 is 2.53 bits per heavy atom. The molecule has 0 aromatic heterocycles. The number of carbonyl (C=O) groups is 1. The van der Waals surface area contributed by atoms with Crippen LogP contribution < -0.4 is 10.1 Å². The zero-order valence-electron chi connectivity index (χ0n) is 8.96. The van der Waals surface area contributed by atoms with Crippen LogP contribution in [0.25, 0.3) is 0 Å². The van der Waals surface area contributed by atoms with Crippen LogP contribution in [0, 0.1) is 0 Å². The van der Waals surface area contributed by atoms with Crippen molar-refractivity contribution in [1.29, 1.82) is 0 Å². The van der Waals surface area contributed by atoms with Crippen molar-refractivity contribution in [3.63, 3.8) is 0 Å². The van der Waals surface area contributed by atoms with E-state index < -0.39 is 6.61 Å². The van der Waals surface area contributed by atoms with E-state index in [1.807, 2.05) is 0 Å². The van der Waals surface area contributed by atoms with Gasteiger partial charge in [0, 0.05) is 17.4 Å². The van der Waals surface area contributed by atoms with Crippen molar-refractivity contribution in [2.45, 2.75) is 13.0 Å². The van der Waals surface area contributed by atoms with Gasteiger partial charge in [0.25, 0.3) is 5.91 Å². The van der Waals surface area contributed by atoms with Gasteiger partial charge in [-0.05, 0) is 30.7 Å². The minimum Gasteiger partial charge on any atom is -0.435 e. The average Bonchev–Trinajstić information content (AvgIpc) is 2.29. The number of amides is 1. The smallest absolute Gasteiger partial charge is 0.387 e. The highest BCUT2D eigenvalue weighted by Gasteiger charge is 2.07. The summed E-state index contributed by atoms with van der Waals surface area (Å²) in [5.41, 5.74) is 0.418. The van der Waals surface area contributed by atoms with Gasteiger partial charge in [0.2, 0.25) is 0 Å². The minimum atomic E-state index is -2.85. The molecule has 1 N–H and O–H groups in total. The fraction of sp³-hybridized carbons (Fsp3) is 0.364. The van der Waals surface area contributed by atoms with E-state index in [0.717, 1.165) is 11.8 Å². The molecule has 0 bridgehead atoms. The second kappa shape index (κ2) is 7.21. The number of carbonyl (C=O) groups excluding carboxylic acids is 1. The molecule has 0 radical (unpaired) electrons. The van der Waals surface area contributed by atoms with E-state index in [-0.39, 0.29) is 11.7 Å². The Balaban J connectivity index is 2.52. The van der Waals surface area contributed by atoms with Crippen LogP contribution in [0.4, 0.5) is 8.78 Å². The molecule has 3 nitrogen and oxygen atoms in total. The molecule has 0 saturated heterocycles. The van der Waals surface area contributed by atoms with E-state index in [1.165, 1.54) is 24.3 Å². The molecule has 0 spiro atoms. The molecule has 0 atom stereocenters. The summed E-state index contributed by atoms with van der Waals surface area (Å²) in [7, 11) is 0. The van der Waals surface area contributed by atoms with Crippen molar-refractivity contribution < 1.29 is 18.3 Å². The van der Waals surface area contributed by atoms with Gasteiger partial charge in [-0.3, -0.25) is 4.79 Å². The molecule has 0 fully saturated rings. The van der Waals surface area contributed by atoms with Gasteiger partial charge in [0.1, 0.15) is 5.75 Å². The standard InChI is InChI=1S/C11H12BrF2NO2/c12-6-1-7-15-10(16)8-2-4-9(5-3-8)17-11(13)14/h2-5,11H,1,6-7H2,(H,15,16). The lowest BCUT2D eigenvalue weighted by atomic mass is 10.2. The predicted octanol–water partition coefficient (Wildman–Crippen LogP) is 2.80. The van der Waals surface area contributed by atoms with Gasteiger partial charge < -0.3 is 10.1 Å². The molecule has 0 aliphatic carbocycles. The highest BCUT2D eigenvalue weighted by atomic mass is 79.9. The average molecular weight is 308 g/mol. The van der Waals surface area contributed by atoms with Crippen molar-refractivity contribution in [2.75, 3.05) is 11.9 Å². The maximum Gasteiger partial charge on any atom is 0.387 e. The molecule has 1 aromatic carbocycles. The zero-order valence-corrected chi connectivity index (χ0v) is 10.5. The molecule has 0 heterocycles. The van der Waals surface area contributed by atoms with Crippen molar-refractivity contribution in [3.8, 4) is 5.75 Å². The maximum absolute atomic E-state index is 11.9. The Hall–Kier alpha value is -1.17. The fourth-order valence-corrected chi connectivity index (χ4v) is 1.44.